The highest BCUT2D eigenvalue weighted by Gasteiger charge is 2.23. The van der Waals surface area contributed by atoms with Crippen molar-refractivity contribution in [1.82, 2.24) is 19.2 Å². The van der Waals surface area contributed by atoms with Gasteiger partial charge in [0.05, 0.1) is 12.2 Å². The summed E-state index contributed by atoms with van der Waals surface area (Å²) in [5.41, 5.74) is 5.43. The van der Waals surface area contributed by atoms with Crippen LogP contribution in [0.15, 0.2) is 73.1 Å². The van der Waals surface area contributed by atoms with Crippen LogP contribution in [-0.2, 0) is 11.4 Å². The second-order valence-corrected chi connectivity index (χ2v) is 9.38. The highest BCUT2D eigenvalue weighted by Crippen LogP contribution is 2.19. The van der Waals surface area contributed by atoms with Crippen molar-refractivity contribution in [2.45, 2.75) is 20.5 Å². The van der Waals surface area contributed by atoms with Crippen molar-refractivity contribution in [3.05, 3.63) is 95.4 Å². The molecule has 1 N–H and O–H groups in total. The Morgan fingerprint density at radius 3 is 2.49 bits per heavy atom. The van der Waals surface area contributed by atoms with E-state index in [-0.39, 0.29) is 11.8 Å². The maximum Gasteiger partial charge on any atom is 0.253 e. The summed E-state index contributed by atoms with van der Waals surface area (Å²) in [6, 6.07) is 19.0. The van der Waals surface area contributed by atoms with Crippen LogP contribution in [0.1, 0.15) is 27.2 Å². The van der Waals surface area contributed by atoms with Gasteiger partial charge in [-0.25, -0.2) is 4.98 Å². The van der Waals surface area contributed by atoms with Crippen LogP contribution in [0.5, 0.6) is 5.75 Å². The minimum absolute atomic E-state index is 0.00797. The van der Waals surface area contributed by atoms with Crippen LogP contribution in [-0.4, -0.2) is 63.7 Å². The second kappa shape index (κ2) is 10.8. The molecular formula is C29H31N5O3. The molecule has 0 bridgehead atoms. The van der Waals surface area contributed by atoms with E-state index in [1.807, 2.05) is 84.1 Å². The van der Waals surface area contributed by atoms with Gasteiger partial charge in [-0.3, -0.25) is 14.5 Å². The number of nitrogens with one attached hydrogen (secondary N) is 1. The van der Waals surface area contributed by atoms with Crippen LogP contribution in [0.4, 0.5) is 5.69 Å². The number of pyridine rings is 1. The van der Waals surface area contributed by atoms with Crippen molar-refractivity contribution >= 4 is 23.1 Å². The fourth-order valence-electron chi connectivity index (χ4n) is 4.48. The molecule has 2 aromatic heterocycles. The van der Waals surface area contributed by atoms with E-state index in [2.05, 4.69) is 15.2 Å². The number of fused-ring (bicyclic) bond motifs is 1. The summed E-state index contributed by atoms with van der Waals surface area (Å²) >= 11 is 0. The molecule has 1 aliphatic heterocycles. The molecule has 2 amide bonds. The topological polar surface area (TPSA) is 79.2 Å². The van der Waals surface area contributed by atoms with Gasteiger partial charge in [0, 0.05) is 49.8 Å². The summed E-state index contributed by atoms with van der Waals surface area (Å²) in [5.74, 6) is 0.646. The Hall–Kier alpha value is -4.17. The predicted octanol–water partition coefficient (Wildman–Crippen LogP) is 3.93. The van der Waals surface area contributed by atoms with Crippen LogP contribution in [0.3, 0.4) is 0 Å². The van der Waals surface area contributed by atoms with Crippen molar-refractivity contribution in [3.63, 3.8) is 0 Å². The number of amides is 2. The zero-order chi connectivity index (χ0) is 25.8. The van der Waals surface area contributed by atoms with E-state index in [1.54, 1.807) is 12.1 Å². The first-order chi connectivity index (χ1) is 18.0. The Balaban J connectivity index is 1.09. The van der Waals surface area contributed by atoms with E-state index >= 15 is 0 Å². The Morgan fingerprint density at radius 1 is 0.946 bits per heavy atom. The predicted molar refractivity (Wildman–Crippen MR) is 143 cm³/mol. The van der Waals surface area contributed by atoms with Gasteiger partial charge in [-0.1, -0.05) is 18.2 Å². The Labute approximate surface area is 216 Å². The Morgan fingerprint density at radius 2 is 1.73 bits per heavy atom. The van der Waals surface area contributed by atoms with Gasteiger partial charge >= 0.3 is 0 Å². The van der Waals surface area contributed by atoms with Gasteiger partial charge in [0.25, 0.3) is 5.91 Å². The molecule has 0 atom stereocenters. The van der Waals surface area contributed by atoms with Crippen LogP contribution in [0.2, 0.25) is 0 Å². The average molecular weight is 498 g/mol. The van der Waals surface area contributed by atoms with Crippen molar-refractivity contribution in [1.29, 1.82) is 0 Å². The number of benzene rings is 2. The second-order valence-electron chi connectivity index (χ2n) is 9.38. The maximum absolute atomic E-state index is 13.0. The van der Waals surface area contributed by atoms with Crippen LogP contribution >= 0.6 is 0 Å². The zero-order valence-corrected chi connectivity index (χ0v) is 21.2. The molecule has 8 nitrogen and oxygen atoms in total. The van der Waals surface area contributed by atoms with Crippen LogP contribution in [0, 0.1) is 13.8 Å². The van der Waals surface area contributed by atoms with Gasteiger partial charge in [0.15, 0.2) is 0 Å². The third kappa shape index (κ3) is 5.81. The lowest BCUT2D eigenvalue weighted by molar-refractivity contribution is -0.117. The summed E-state index contributed by atoms with van der Waals surface area (Å²) in [6.45, 7) is 7.20. The number of piperazine rings is 1. The quantitative estimate of drug-likeness (QED) is 0.419. The molecule has 0 radical (unpaired) electrons. The van der Waals surface area contributed by atoms with E-state index in [4.69, 9.17) is 4.74 Å². The Bertz CT molecular complexity index is 1370. The number of aryl methyl sites for hydroxylation is 1. The average Bonchev–Trinajstić information content (AvgIpc) is 3.34. The summed E-state index contributed by atoms with van der Waals surface area (Å²) in [4.78, 5) is 34.0. The summed E-state index contributed by atoms with van der Waals surface area (Å²) in [6.07, 6.45) is 3.90. The van der Waals surface area contributed by atoms with Crippen LogP contribution in [0.25, 0.3) is 5.65 Å². The number of rotatable bonds is 7. The first kappa shape index (κ1) is 24.5. The van der Waals surface area contributed by atoms with Gasteiger partial charge in [-0.05, 0) is 67.4 Å². The number of anilines is 1. The number of carbonyl (C=O) groups excluding carboxylic acids is 2. The van der Waals surface area contributed by atoms with Crippen molar-refractivity contribution in [3.8, 4) is 5.75 Å². The molecule has 2 aromatic carbocycles. The molecule has 0 aliphatic carbocycles. The molecule has 1 aliphatic rings. The molecule has 5 rings (SSSR count). The first-order valence-electron chi connectivity index (χ1n) is 12.5. The van der Waals surface area contributed by atoms with E-state index in [1.165, 1.54) is 0 Å². The molecule has 190 valence electrons. The maximum atomic E-state index is 13.0. The summed E-state index contributed by atoms with van der Waals surface area (Å²) < 4.78 is 7.82. The number of hydrogen-bond acceptors (Lipinski definition) is 5. The van der Waals surface area contributed by atoms with E-state index < -0.39 is 0 Å². The fourth-order valence-corrected chi connectivity index (χ4v) is 4.48. The van der Waals surface area contributed by atoms with Crippen molar-refractivity contribution < 1.29 is 14.3 Å². The number of ether oxygens (including phenoxy) is 1. The normalized spacial score (nSPS) is 14.1. The molecule has 37 heavy (non-hydrogen) atoms. The number of imidazole rings is 1. The van der Waals surface area contributed by atoms with E-state index in [0.717, 1.165) is 28.2 Å². The monoisotopic (exact) mass is 497 g/mol. The van der Waals surface area contributed by atoms with Crippen molar-refractivity contribution in [2.24, 2.45) is 0 Å². The molecule has 4 aromatic rings. The van der Waals surface area contributed by atoms with Gasteiger partial charge < -0.3 is 19.4 Å². The molecular weight excluding hydrogens is 466 g/mol. The lowest BCUT2D eigenvalue weighted by Gasteiger charge is -2.34. The third-order valence-electron chi connectivity index (χ3n) is 6.81. The highest BCUT2D eigenvalue weighted by atomic mass is 16.5. The number of hydrogen-bond donors (Lipinski definition) is 1. The first-order valence-corrected chi connectivity index (χ1v) is 12.5. The molecule has 8 heteroatoms. The standard InChI is InChI=1S/C29H31N5O3/c1-21-6-5-7-26(22(21)2)31-28(35)19-32-14-16-33(17-15-32)29(36)23-9-11-25(12-10-23)37-20-24-18-34-13-4-3-8-27(34)30-24/h3-13,18H,14-17,19-20H2,1-2H3,(H,31,35). The van der Waals surface area contributed by atoms with E-state index in [0.29, 0.717) is 50.6 Å². The fraction of sp³-hybridized carbons (Fsp3) is 0.276. The lowest BCUT2D eigenvalue weighted by Crippen LogP contribution is -2.50. The zero-order valence-electron chi connectivity index (χ0n) is 21.2. The van der Waals surface area contributed by atoms with Gasteiger partial charge in [-0.15, -0.1) is 0 Å². The van der Waals surface area contributed by atoms with E-state index in [9.17, 15) is 9.59 Å². The molecule has 0 spiro atoms. The highest BCUT2D eigenvalue weighted by molar-refractivity contribution is 5.95. The summed E-state index contributed by atoms with van der Waals surface area (Å²) in [5, 5.41) is 3.01. The summed E-state index contributed by atoms with van der Waals surface area (Å²) in [7, 11) is 0. The molecule has 0 unspecified atom stereocenters. The molecule has 1 fully saturated rings. The Kier molecular flexibility index (Phi) is 7.18. The molecule has 1 saturated heterocycles. The number of carbonyl (C=O) groups is 2. The van der Waals surface area contributed by atoms with Crippen LogP contribution < -0.4 is 10.1 Å². The number of nitrogens with zero attached hydrogens (tertiary/aromatic N) is 4. The minimum atomic E-state index is -0.0345. The smallest absolute Gasteiger partial charge is 0.253 e. The number of aromatic nitrogens is 2. The molecule has 0 saturated carbocycles. The van der Waals surface area contributed by atoms with Gasteiger partial charge in [0.2, 0.25) is 5.91 Å². The lowest BCUT2D eigenvalue weighted by atomic mass is 10.1. The third-order valence-corrected chi connectivity index (χ3v) is 6.81. The molecule has 3 heterocycles. The van der Waals surface area contributed by atoms with Gasteiger partial charge in [0.1, 0.15) is 18.0 Å². The largest absolute Gasteiger partial charge is 0.487 e. The SMILES string of the molecule is Cc1cccc(NC(=O)CN2CCN(C(=O)c3ccc(OCc4cn5ccccc5n4)cc3)CC2)c1C. The minimum Gasteiger partial charge on any atom is -0.487 e. The van der Waals surface area contributed by atoms with Gasteiger partial charge in [-0.2, -0.15) is 0 Å². The van der Waals surface area contributed by atoms with Crippen molar-refractivity contribution in [2.75, 3.05) is 38.0 Å².